The standard InChI is InChI=1S/C20H19BrN2O2/c1-13-19(14(2)23(3)22-13)12-20(24)25-18-10-6-16(7-11-18)15-4-8-17(21)9-5-15/h4-11H,12H2,1-3H3. The molecule has 1 heterocycles. The summed E-state index contributed by atoms with van der Waals surface area (Å²) in [6.07, 6.45) is 0.222. The summed E-state index contributed by atoms with van der Waals surface area (Å²) < 4.78 is 8.29. The van der Waals surface area contributed by atoms with E-state index < -0.39 is 0 Å². The number of benzene rings is 2. The molecule has 0 aliphatic heterocycles. The maximum absolute atomic E-state index is 12.2. The highest BCUT2D eigenvalue weighted by molar-refractivity contribution is 9.10. The third-order valence-corrected chi connectivity index (χ3v) is 4.77. The maximum Gasteiger partial charge on any atom is 0.315 e. The van der Waals surface area contributed by atoms with Gasteiger partial charge in [-0.05, 0) is 49.2 Å². The van der Waals surface area contributed by atoms with Gasteiger partial charge < -0.3 is 4.74 Å². The SMILES string of the molecule is Cc1nn(C)c(C)c1CC(=O)Oc1ccc(-c2ccc(Br)cc2)cc1. The van der Waals surface area contributed by atoms with Crippen LogP contribution in [0.15, 0.2) is 53.0 Å². The van der Waals surface area contributed by atoms with Crippen molar-refractivity contribution in [2.45, 2.75) is 20.3 Å². The molecule has 5 heteroatoms. The molecule has 3 aromatic rings. The van der Waals surface area contributed by atoms with E-state index in [2.05, 4.69) is 21.0 Å². The molecule has 0 saturated carbocycles. The molecule has 0 amide bonds. The third kappa shape index (κ3) is 3.99. The number of halogens is 1. The molecular formula is C20H19BrN2O2. The van der Waals surface area contributed by atoms with Gasteiger partial charge in [0.05, 0.1) is 12.1 Å². The Bertz CT molecular complexity index is 897. The van der Waals surface area contributed by atoms with E-state index in [9.17, 15) is 4.79 Å². The molecule has 0 aliphatic rings. The fraction of sp³-hybridized carbons (Fsp3) is 0.200. The largest absolute Gasteiger partial charge is 0.426 e. The molecule has 0 radical (unpaired) electrons. The first kappa shape index (κ1) is 17.4. The van der Waals surface area contributed by atoms with Crippen molar-refractivity contribution in [3.05, 3.63) is 70.0 Å². The number of aryl methyl sites for hydroxylation is 2. The van der Waals surface area contributed by atoms with Crippen LogP contribution in [0.1, 0.15) is 17.0 Å². The van der Waals surface area contributed by atoms with Crippen LogP contribution in [0.5, 0.6) is 5.75 Å². The van der Waals surface area contributed by atoms with Crippen molar-refractivity contribution in [2.75, 3.05) is 0 Å². The van der Waals surface area contributed by atoms with Crippen LogP contribution in [0.4, 0.5) is 0 Å². The zero-order valence-corrected chi connectivity index (χ0v) is 16.0. The van der Waals surface area contributed by atoms with Crippen molar-refractivity contribution in [1.29, 1.82) is 0 Å². The minimum Gasteiger partial charge on any atom is -0.426 e. The first-order chi connectivity index (χ1) is 11.9. The first-order valence-corrected chi connectivity index (χ1v) is 8.79. The Kier molecular flexibility index (Phi) is 5.04. The van der Waals surface area contributed by atoms with E-state index in [1.54, 1.807) is 4.68 Å². The van der Waals surface area contributed by atoms with Crippen LogP contribution in [0.25, 0.3) is 11.1 Å². The molecule has 0 saturated heterocycles. The van der Waals surface area contributed by atoms with Gasteiger partial charge in [0.2, 0.25) is 0 Å². The maximum atomic E-state index is 12.2. The van der Waals surface area contributed by atoms with Crippen LogP contribution < -0.4 is 4.74 Å². The van der Waals surface area contributed by atoms with Crippen molar-refractivity contribution < 1.29 is 9.53 Å². The molecule has 4 nitrogen and oxygen atoms in total. The van der Waals surface area contributed by atoms with Crippen LogP contribution in [0, 0.1) is 13.8 Å². The van der Waals surface area contributed by atoms with Crippen LogP contribution in [-0.4, -0.2) is 15.7 Å². The lowest BCUT2D eigenvalue weighted by Crippen LogP contribution is -2.12. The Labute approximate surface area is 155 Å². The zero-order valence-electron chi connectivity index (χ0n) is 14.4. The number of hydrogen-bond donors (Lipinski definition) is 0. The zero-order chi connectivity index (χ0) is 18.0. The van der Waals surface area contributed by atoms with E-state index in [1.807, 2.05) is 69.4 Å². The van der Waals surface area contributed by atoms with Gasteiger partial charge in [-0.2, -0.15) is 5.10 Å². The van der Waals surface area contributed by atoms with Crippen LogP contribution in [-0.2, 0) is 18.3 Å². The van der Waals surface area contributed by atoms with Gasteiger partial charge >= 0.3 is 5.97 Å². The highest BCUT2D eigenvalue weighted by atomic mass is 79.9. The lowest BCUT2D eigenvalue weighted by Gasteiger charge is -2.07. The molecule has 128 valence electrons. The number of ether oxygens (including phenoxy) is 1. The average Bonchev–Trinajstić information content (AvgIpc) is 2.83. The highest BCUT2D eigenvalue weighted by Crippen LogP contribution is 2.24. The van der Waals surface area contributed by atoms with Gasteiger partial charge in [-0.25, -0.2) is 0 Å². The van der Waals surface area contributed by atoms with Crippen LogP contribution in [0.3, 0.4) is 0 Å². The van der Waals surface area contributed by atoms with E-state index in [-0.39, 0.29) is 12.4 Å². The number of rotatable bonds is 4. The molecule has 0 unspecified atom stereocenters. The Morgan fingerprint density at radius 1 is 1.04 bits per heavy atom. The van der Waals surface area contributed by atoms with Crippen LogP contribution in [0.2, 0.25) is 0 Å². The molecule has 0 spiro atoms. The number of carbonyl (C=O) groups is 1. The van der Waals surface area contributed by atoms with E-state index in [4.69, 9.17) is 4.74 Å². The van der Waals surface area contributed by atoms with Crippen molar-refractivity contribution in [2.24, 2.45) is 7.05 Å². The second kappa shape index (κ2) is 7.23. The summed E-state index contributed by atoms with van der Waals surface area (Å²) in [5.41, 5.74) is 4.97. The molecule has 3 rings (SSSR count). The van der Waals surface area contributed by atoms with E-state index >= 15 is 0 Å². The van der Waals surface area contributed by atoms with Gasteiger partial charge in [0, 0.05) is 22.8 Å². The minimum absolute atomic E-state index is 0.222. The molecule has 0 bridgehead atoms. The predicted molar refractivity (Wildman–Crippen MR) is 102 cm³/mol. The molecular weight excluding hydrogens is 380 g/mol. The summed E-state index contributed by atoms with van der Waals surface area (Å²) in [7, 11) is 1.87. The number of hydrogen-bond acceptors (Lipinski definition) is 3. The van der Waals surface area contributed by atoms with Crippen molar-refractivity contribution in [1.82, 2.24) is 9.78 Å². The van der Waals surface area contributed by atoms with Gasteiger partial charge in [0.25, 0.3) is 0 Å². The highest BCUT2D eigenvalue weighted by Gasteiger charge is 2.15. The number of carbonyl (C=O) groups excluding carboxylic acids is 1. The quantitative estimate of drug-likeness (QED) is 0.475. The molecule has 0 aliphatic carbocycles. The van der Waals surface area contributed by atoms with Gasteiger partial charge in [0.15, 0.2) is 0 Å². The Morgan fingerprint density at radius 3 is 2.12 bits per heavy atom. The smallest absolute Gasteiger partial charge is 0.315 e. The monoisotopic (exact) mass is 398 g/mol. The van der Waals surface area contributed by atoms with E-state index in [1.165, 1.54) is 0 Å². The van der Waals surface area contributed by atoms with Gasteiger partial charge in [-0.1, -0.05) is 40.2 Å². The lowest BCUT2D eigenvalue weighted by atomic mass is 10.1. The average molecular weight is 399 g/mol. The molecule has 0 N–H and O–H groups in total. The van der Waals surface area contributed by atoms with Crippen molar-refractivity contribution in [3.8, 4) is 16.9 Å². The molecule has 0 fully saturated rings. The summed E-state index contributed by atoms with van der Waals surface area (Å²) >= 11 is 3.43. The first-order valence-electron chi connectivity index (χ1n) is 8.00. The number of nitrogens with zero attached hydrogens (tertiary/aromatic N) is 2. The summed E-state index contributed by atoms with van der Waals surface area (Å²) in [5, 5.41) is 4.33. The Morgan fingerprint density at radius 2 is 1.60 bits per heavy atom. The van der Waals surface area contributed by atoms with Gasteiger partial charge in [-0.15, -0.1) is 0 Å². The Balaban J connectivity index is 1.68. The fourth-order valence-corrected chi connectivity index (χ4v) is 3.01. The molecule has 0 atom stereocenters. The Hall–Kier alpha value is -2.40. The van der Waals surface area contributed by atoms with Crippen LogP contribution >= 0.6 is 15.9 Å². The summed E-state index contributed by atoms with van der Waals surface area (Å²) in [5.74, 6) is 0.264. The summed E-state index contributed by atoms with van der Waals surface area (Å²) in [6, 6.07) is 15.6. The fourth-order valence-electron chi connectivity index (χ4n) is 2.74. The second-order valence-corrected chi connectivity index (χ2v) is 6.87. The topological polar surface area (TPSA) is 44.1 Å². The normalized spacial score (nSPS) is 10.7. The summed E-state index contributed by atoms with van der Waals surface area (Å²) in [4.78, 5) is 12.2. The van der Waals surface area contributed by atoms with Crippen molar-refractivity contribution in [3.63, 3.8) is 0 Å². The van der Waals surface area contributed by atoms with Crippen molar-refractivity contribution >= 4 is 21.9 Å². The van der Waals surface area contributed by atoms with E-state index in [0.29, 0.717) is 5.75 Å². The number of esters is 1. The predicted octanol–water partition coefficient (Wildman–Crippen LogP) is 4.61. The second-order valence-electron chi connectivity index (χ2n) is 5.96. The van der Waals surface area contributed by atoms with Gasteiger partial charge in [0.1, 0.15) is 5.75 Å². The molecule has 2 aromatic carbocycles. The van der Waals surface area contributed by atoms with Gasteiger partial charge in [-0.3, -0.25) is 9.48 Å². The molecule has 1 aromatic heterocycles. The summed E-state index contributed by atoms with van der Waals surface area (Å²) in [6.45, 7) is 3.86. The lowest BCUT2D eigenvalue weighted by molar-refractivity contribution is -0.133. The number of aromatic nitrogens is 2. The minimum atomic E-state index is -0.282. The third-order valence-electron chi connectivity index (χ3n) is 4.24. The molecule has 25 heavy (non-hydrogen) atoms. The van der Waals surface area contributed by atoms with E-state index in [0.717, 1.165) is 32.6 Å².